The Bertz CT molecular complexity index is 2300. The van der Waals surface area contributed by atoms with E-state index < -0.39 is 22.5 Å². The number of nitrogens with zero attached hydrogens (tertiary/aromatic N) is 4. The molecule has 6 aromatic rings. The van der Waals surface area contributed by atoms with Crippen LogP contribution in [0.4, 0.5) is 17.3 Å². The molecule has 2 aliphatic heterocycles. The molecule has 0 saturated carbocycles. The third-order valence-corrected chi connectivity index (χ3v) is 10.00. The van der Waals surface area contributed by atoms with Gasteiger partial charge in [-0.25, -0.2) is 0 Å². The molecule has 4 nitrogen and oxygen atoms in total. The van der Waals surface area contributed by atoms with Crippen molar-refractivity contribution < 1.29 is 26.5 Å². The van der Waals surface area contributed by atoms with Crippen molar-refractivity contribution in [2.24, 2.45) is 0 Å². The Labute approximate surface area is 353 Å². The number of hydrazine groups is 1. The first-order valence-corrected chi connectivity index (χ1v) is 20.3. The van der Waals surface area contributed by atoms with E-state index in [0.717, 1.165) is 20.1 Å². The first-order chi connectivity index (χ1) is 26.1. The summed E-state index contributed by atoms with van der Waals surface area (Å²) < 4.78 is 70.3. The summed E-state index contributed by atoms with van der Waals surface area (Å²) in [5.74, 6) is 0. The molecule has 16 heteroatoms. The molecule has 56 heavy (non-hydrogen) atoms. The lowest BCUT2D eigenvalue weighted by Gasteiger charge is -2.35. The van der Waals surface area contributed by atoms with Gasteiger partial charge in [-0.15, -0.1) is 9.19 Å². The van der Waals surface area contributed by atoms with Gasteiger partial charge >= 0.3 is 13.9 Å². The molecule has 0 saturated heterocycles. The van der Waals surface area contributed by atoms with Crippen molar-refractivity contribution in [3.05, 3.63) is 120 Å². The number of aromatic nitrogens is 2. The molecular weight excluding hydrogens is 847 g/mol. The van der Waals surface area contributed by atoms with Crippen molar-refractivity contribution in [3.63, 3.8) is 0 Å². The molecule has 2 aromatic heterocycles. The van der Waals surface area contributed by atoms with Gasteiger partial charge in [-0.05, 0) is 33.1 Å². The Morgan fingerprint density at radius 1 is 0.464 bits per heavy atom. The largest absolute Gasteiger partial charge is 0.789 e. The smallest absolute Gasteiger partial charge is 0.386 e. The van der Waals surface area contributed by atoms with E-state index in [9.17, 15) is 0 Å². The standard InChI is InChI=1S/C38H36B2F4N4.2CHCl3/c1-37(2,3)27-19-15-25(16-20-27)35-31-13-9-7-11-29(31)33-23-46-40(43,44)48-34(24-45(46)39(41,42)47(33)35)30-12-8-10-14-32(30)36(48)26-17-21-28(22-18-26)38(4,5)6;2*2-1(3)4/h7-24H,1-6H3;2*1H. The van der Waals surface area contributed by atoms with Crippen LogP contribution in [0.3, 0.4) is 0 Å². The molecule has 0 amide bonds. The number of hydrogen-bond donors (Lipinski definition) is 0. The average Bonchev–Trinajstić information content (AvgIpc) is 3.62. The second kappa shape index (κ2) is 15.6. The number of benzene rings is 4. The normalized spacial score (nSPS) is 15.6. The van der Waals surface area contributed by atoms with Crippen LogP contribution in [-0.4, -0.2) is 53.1 Å². The maximum atomic E-state index is 17.2. The van der Waals surface area contributed by atoms with E-state index >= 15 is 17.3 Å². The fourth-order valence-electron chi connectivity index (χ4n) is 7.46. The van der Waals surface area contributed by atoms with Gasteiger partial charge in [0.25, 0.3) is 0 Å². The summed E-state index contributed by atoms with van der Waals surface area (Å²) in [6.45, 7) is 3.02. The van der Waals surface area contributed by atoms with Crippen molar-refractivity contribution >= 4 is 118 Å². The van der Waals surface area contributed by atoms with Crippen LogP contribution in [0.1, 0.15) is 64.1 Å². The summed E-state index contributed by atoms with van der Waals surface area (Å²) in [5.41, 5.74) is 3.79. The van der Waals surface area contributed by atoms with E-state index in [-0.39, 0.29) is 22.2 Å². The third-order valence-electron chi connectivity index (χ3n) is 10.00. The molecule has 8 rings (SSSR count). The molecular formula is C40H38B2Cl6F4N4. The second-order valence-electron chi connectivity index (χ2n) is 15.6. The summed E-state index contributed by atoms with van der Waals surface area (Å²) in [5, 5.41) is 2.13. The fraction of sp³-hybridized carbons (Fsp3) is 0.250. The van der Waals surface area contributed by atoms with E-state index in [1.807, 2.05) is 48.5 Å². The lowest BCUT2D eigenvalue weighted by atomic mass is 9.85. The Hall–Kier alpha value is -3.11. The minimum atomic E-state index is -4.77. The van der Waals surface area contributed by atoms with Gasteiger partial charge in [0.1, 0.15) is 0 Å². The number of hydrazone groups is 2. The van der Waals surface area contributed by atoms with Gasteiger partial charge in [-0.1, -0.05) is 208 Å². The molecule has 0 fully saturated rings. The minimum Gasteiger partial charge on any atom is -0.386 e. The molecule has 4 heterocycles. The number of hydrogen-bond acceptors (Lipinski definition) is 0. The molecule has 0 N–H and O–H groups in total. The van der Waals surface area contributed by atoms with Gasteiger partial charge in [0.15, 0.2) is 21.0 Å². The Kier molecular flexibility index (Phi) is 11.8. The Morgan fingerprint density at radius 2 is 0.732 bits per heavy atom. The van der Waals surface area contributed by atoms with Gasteiger partial charge in [-0.3, -0.25) is 0 Å². The summed E-state index contributed by atoms with van der Waals surface area (Å²) in [6, 6.07) is 29.3. The van der Waals surface area contributed by atoms with E-state index in [1.54, 1.807) is 48.5 Å². The monoisotopic (exact) mass is 882 g/mol. The van der Waals surface area contributed by atoms with Crippen molar-refractivity contribution in [1.29, 1.82) is 0 Å². The van der Waals surface area contributed by atoms with Crippen LogP contribution < -0.4 is 0 Å². The highest BCUT2D eigenvalue weighted by Gasteiger charge is 2.65. The van der Waals surface area contributed by atoms with Gasteiger partial charge in [0.05, 0.1) is 11.4 Å². The highest BCUT2D eigenvalue weighted by atomic mass is 35.6. The SMILES string of the molecule is CC(C)(C)c1ccc(-c2c3ccccc3c3n2[B-](F)(F)[N+]2=Cc4c5ccccc5c(-c5ccc(C(C)(C)C)cc5)n4[B-](F)(F)[N+]2=C3)cc1.ClC(Cl)Cl.ClC(Cl)Cl. The predicted octanol–water partition coefficient (Wildman–Crippen LogP) is 13.4. The molecule has 0 bridgehead atoms. The number of fused-ring (bicyclic) bond motifs is 7. The van der Waals surface area contributed by atoms with Crippen LogP contribution in [0.15, 0.2) is 97.1 Å². The summed E-state index contributed by atoms with van der Waals surface area (Å²) in [4.78, 5) is 0. The quantitative estimate of drug-likeness (QED) is 0.0936. The maximum absolute atomic E-state index is 17.2. The molecule has 294 valence electrons. The van der Waals surface area contributed by atoms with E-state index in [1.165, 1.54) is 12.4 Å². The minimum absolute atomic E-state index is 0.0490. The Balaban J connectivity index is 0.000000609. The number of alkyl halides is 6. The number of rotatable bonds is 2. The first kappa shape index (κ1) is 42.5. The van der Waals surface area contributed by atoms with Gasteiger partial charge in [-0.2, -0.15) is 0 Å². The zero-order valence-corrected chi connectivity index (χ0v) is 35.8. The zero-order valence-electron chi connectivity index (χ0n) is 31.3. The summed E-state index contributed by atoms with van der Waals surface area (Å²) in [6.07, 6.45) is 2.40. The average molecular weight is 885 g/mol. The van der Waals surface area contributed by atoms with Crippen LogP contribution in [0, 0.1) is 0 Å². The van der Waals surface area contributed by atoms with Crippen LogP contribution >= 0.6 is 69.6 Å². The molecule has 4 aromatic carbocycles. The zero-order chi connectivity index (χ0) is 41.1. The Morgan fingerprint density at radius 3 is 1.00 bits per heavy atom. The third kappa shape index (κ3) is 7.87. The van der Waals surface area contributed by atoms with Gasteiger partial charge < -0.3 is 26.2 Å². The van der Waals surface area contributed by atoms with Crippen LogP contribution in [-0.2, 0) is 10.8 Å². The molecule has 0 unspecified atom stereocenters. The maximum Gasteiger partial charge on any atom is 0.789 e. The van der Waals surface area contributed by atoms with E-state index in [2.05, 4.69) is 41.5 Å². The lowest BCUT2D eigenvalue weighted by molar-refractivity contribution is -1.01. The fourth-order valence-corrected chi connectivity index (χ4v) is 7.46. The topological polar surface area (TPSA) is 15.9 Å². The molecule has 0 atom stereocenters. The summed E-state index contributed by atoms with van der Waals surface area (Å²) >= 11 is 28.8. The highest BCUT2D eigenvalue weighted by Crippen LogP contribution is 2.43. The molecule has 0 aliphatic carbocycles. The first-order valence-electron chi connectivity index (χ1n) is 17.7. The molecule has 0 radical (unpaired) electrons. The second-order valence-corrected chi connectivity index (χ2v) is 19.6. The van der Waals surface area contributed by atoms with Crippen molar-refractivity contribution in [2.75, 3.05) is 0 Å². The van der Waals surface area contributed by atoms with Crippen molar-refractivity contribution in [1.82, 2.24) is 8.96 Å². The molecule has 0 spiro atoms. The lowest BCUT2D eigenvalue weighted by Crippen LogP contribution is -2.66. The predicted molar refractivity (Wildman–Crippen MR) is 232 cm³/mol. The van der Waals surface area contributed by atoms with Crippen molar-refractivity contribution in [3.8, 4) is 22.5 Å². The van der Waals surface area contributed by atoms with Crippen LogP contribution in [0.5, 0.6) is 0 Å². The highest BCUT2D eigenvalue weighted by molar-refractivity contribution is 6.64. The van der Waals surface area contributed by atoms with Crippen LogP contribution in [0.2, 0.25) is 0 Å². The molecule has 2 aliphatic rings. The summed E-state index contributed by atoms with van der Waals surface area (Å²) in [7, 11) is 0. The number of halogens is 10. The van der Waals surface area contributed by atoms with Gasteiger partial charge in [0, 0.05) is 32.9 Å². The van der Waals surface area contributed by atoms with E-state index in [4.69, 9.17) is 69.6 Å². The van der Waals surface area contributed by atoms with Crippen molar-refractivity contribution in [2.45, 2.75) is 61.0 Å². The van der Waals surface area contributed by atoms with Gasteiger partial charge in [0.2, 0.25) is 0 Å². The van der Waals surface area contributed by atoms with Crippen LogP contribution in [0.25, 0.3) is 44.1 Å². The van der Waals surface area contributed by atoms with E-state index in [0.29, 0.717) is 53.3 Å².